The van der Waals surface area contributed by atoms with Crippen LogP contribution in [0.1, 0.15) is 6.42 Å². The average Bonchev–Trinajstić information content (AvgIpc) is 2.64. The summed E-state index contributed by atoms with van der Waals surface area (Å²) in [6.45, 7) is 0. The van der Waals surface area contributed by atoms with E-state index in [0.717, 1.165) is 5.75 Å². The molecule has 0 aromatic carbocycles. The van der Waals surface area contributed by atoms with Crippen LogP contribution in [0.4, 0.5) is 0 Å². The molecule has 3 N–H and O–H groups in total. The molecule has 1 rings (SSSR count). The number of carbonyl (C=O) groups is 1. The number of carbonyl (C=O) groups excluding carboxylic acids is 1. The first-order valence-corrected chi connectivity index (χ1v) is 5.21. The van der Waals surface area contributed by atoms with Gasteiger partial charge in [0, 0.05) is 5.75 Å². The summed E-state index contributed by atoms with van der Waals surface area (Å²) in [4.78, 5) is 14.8. The number of hydrogen-bond donors (Lipinski definition) is 2. The minimum Gasteiger partial charge on any atom is -0.440 e. The number of primary amides is 1. The van der Waals surface area contributed by atoms with Gasteiger partial charge in [0.2, 0.25) is 5.91 Å². The van der Waals surface area contributed by atoms with Gasteiger partial charge in [-0.05, 0) is 13.5 Å². The maximum absolute atomic E-state index is 10.8. The lowest BCUT2D eigenvalue weighted by Gasteiger charge is -2.10. The van der Waals surface area contributed by atoms with Gasteiger partial charge in [-0.3, -0.25) is 4.79 Å². The Morgan fingerprint density at radius 1 is 1.86 bits per heavy atom. The number of nitrogens with one attached hydrogen (secondary N) is 1. The monoisotopic (exact) mass is 215 g/mol. The van der Waals surface area contributed by atoms with Crippen LogP contribution in [0.5, 0.6) is 0 Å². The Morgan fingerprint density at radius 2 is 2.64 bits per heavy atom. The van der Waals surface area contributed by atoms with Gasteiger partial charge in [-0.15, -0.1) is 0 Å². The van der Waals surface area contributed by atoms with Crippen molar-refractivity contribution in [3.8, 4) is 0 Å². The predicted molar refractivity (Wildman–Crippen MR) is 53.9 cm³/mol. The molecule has 0 saturated heterocycles. The summed E-state index contributed by atoms with van der Waals surface area (Å²) in [7, 11) is 1.71. The maximum atomic E-state index is 10.8. The van der Waals surface area contributed by atoms with E-state index >= 15 is 0 Å². The number of oxazole rings is 1. The van der Waals surface area contributed by atoms with Crippen LogP contribution < -0.4 is 11.1 Å². The summed E-state index contributed by atoms with van der Waals surface area (Å²) < 4.78 is 5.02. The van der Waals surface area contributed by atoms with Crippen LogP contribution in [-0.4, -0.2) is 29.7 Å². The van der Waals surface area contributed by atoms with Crippen molar-refractivity contribution in [1.82, 2.24) is 10.3 Å². The highest BCUT2D eigenvalue weighted by molar-refractivity contribution is 7.99. The van der Waals surface area contributed by atoms with Crippen molar-refractivity contribution >= 4 is 17.7 Å². The summed E-state index contributed by atoms with van der Waals surface area (Å²) in [5.41, 5.74) is 5.16. The van der Waals surface area contributed by atoms with Gasteiger partial charge in [0.1, 0.15) is 6.26 Å². The molecule has 0 aliphatic carbocycles. The zero-order valence-corrected chi connectivity index (χ0v) is 8.71. The van der Waals surface area contributed by atoms with Gasteiger partial charge in [0.05, 0.1) is 12.2 Å². The predicted octanol–water partition coefficient (Wildman–Crippen LogP) is 0.230. The molecule has 0 aliphatic rings. The summed E-state index contributed by atoms with van der Waals surface area (Å²) in [6.07, 6.45) is 3.77. The van der Waals surface area contributed by atoms with Crippen molar-refractivity contribution in [2.75, 3.05) is 12.8 Å². The zero-order valence-electron chi connectivity index (χ0n) is 7.90. The third kappa shape index (κ3) is 3.39. The second-order valence-corrected chi connectivity index (χ2v) is 3.72. The lowest BCUT2D eigenvalue weighted by molar-refractivity contribution is -0.119. The molecular weight excluding hydrogens is 202 g/mol. The van der Waals surface area contributed by atoms with Crippen molar-refractivity contribution in [3.05, 3.63) is 12.5 Å². The van der Waals surface area contributed by atoms with Crippen molar-refractivity contribution in [1.29, 1.82) is 0 Å². The fraction of sp³-hybridized carbons (Fsp3) is 0.500. The Balaban J connectivity index is 2.23. The number of nitrogens with two attached hydrogens (primary N) is 1. The Kier molecular flexibility index (Phi) is 4.48. The van der Waals surface area contributed by atoms with E-state index < -0.39 is 0 Å². The molecule has 1 amide bonds. The zero-order chi connectivity index (χ0) is 10.4. The Labute approximate surface area is 86.4 Å². The molecule has 14 heavy (non-hydrogen) atoms. The number of rotatable bonds is 6. The largest absolute Gasteiger partial charge is 0.440 e. The van der Waals surface area contributed by atoms with Crippen LogP contribution in [0.2, 0.25) is 0 Å². The summed E-state index contributed by atoms with van der Waals surface area (Å²) in [5, 5.41) is 3.46. The first-order valence-electron chi connectivity index (χ1n) is 4.23. The van der Waals surface area contributed by atoms with Gasteiger partial charge in [-0.25, -0.2) is 4.98 Å². The summed E-state index contributed by atoms with van der Waals surface area (Å²) in [5.74, 6) is 0.412. The van der Waals surface area contributed by atoms with Crippen LogP contribution in [0.25, 0.3) is 0 Å². The second kappa shape index (κ2) is 5.66. The highest BCUT2D eigenvalue weighted by Gasteiger charge is 2.12. The summed E-state index contributed by atoms with van der Waals surface area (Å²) >= 11 is 1.46. The fourth-order valence-electron chi connectivity index (χ4n) is 0.975. The lowest BCUT2D eigenvalue weighted by atomic mass is 10.2. The summed E-state index contributed by atoms with van der Waals surface area (Å²) in [6, 6.07) is -0.280. The molecule has 6 heteroatoms. The SMILES string of the molecule is CNC(CCSc1ncco1)C(N)=O. The van der Waals surface area contributed by atoms with Crippen molar-refractivity contribution in [3.63, 3.8) is 0 Å². The molecular formula is C8H13N3O2S. The minimum atomic E-state index is -0.333. The molecule has 0 aliphatic heterocycles. The van der Waals surface area contributed by atoms with Gasteiger partial charge in [0.25, 0.3) is 5.22 Å². The van der Waals surface area contributed by atoms with E-state index in [4.69, 9.17) is 10.2 Å². The molecule has 0 saturated carbocycles. The molecule has 1 aromatic rings. The molecule has 0 radical (unpaired) electrons. The first-order chi connectivity index (χ1) is 6.74. The molecule has 0 bridgehead atoms. The van der Waals surface area contributed by atoms with Crippen LogP contribution in [-0.2, 0) is 4.79 Å². The second-order valence-electron chi connectivity index (χ2n) is 2.68. The number of amides is 1. The molecule has 78 valence electrons. The molecule has 1 heterocycles. The van der Waals surface area contributed by atoms with Gasteiger partial charge in [0.15, 0.2) is 0 Å². The Hall–Kier alpha value is -1.01. The Bertz CT molecular complexity index is 276. The molecule has 1 aromatic heterocycles. The van der Waals surface area contributed by atoms with E-state index in [0.29, 0.717) is 11.6 Å². The number of thioether (sulfide) groups is 1. The van der Waals surface area contributed by atoms with Crippen LogP contribution in [0.15, 0.2) is 22.1 Å². The van der Waals surface area contributed by atoms with Crippen molar-refractivity contribution < 1.29 is 9.21 Å². The molecule has 0 fully saturated rings. The molecule has 1 unspecified atom stereocenters. The van der Waals surface area contributed by atoms with E-state index in [9.17, 15) is 4.79 Å². The number of hydrogen-bond acceptors (Lipinski definition) is 5. The molecule has 1 atom stereocenters. The average molecular weight is 215 g/mol. The number of nitrogens with zero attached hydrogens (tertiary/aromatic N) is 1. The first kappa shape index (κ1) is 11.1. The van der Waals surface area contributed by atoms with E-state index in [1.807, 2.05) is 0 Å². The smallest absolute Gasteiger partial charge is 0.255 e. The van der Waals surface area contributed by atoms with Crippen LogP contribution >= 0.6 is 11.8 Å². The third-order valence-electron chi connectivity index (χ3n) is 1.73. The normalized spacial score (nSPS) is 12.6. The standard InChI is InChI=1S/C8H13N3O2S/c1-10-6(7(9)12)2-5-14-8-11-3-4-13-8/h3-4,6,10H,2,5H2,1H3,(H2,9,12). The van der Waals surface area contributed by atoms with E-state index in [1.165, 1.54) is 18.0 Å². The minimum absolute atomic E-state index is 0.280. The van der Waals surface area contributed by atoms with Crippen molar-refractivity contribution in [2.45, 2.75) is 17.7 Å². The lowest BCUT2D eigenvalue weighted by Crippen LogP contribution is -2.39. The molecule has 5 nitrogen and oxygen atoms in total. The van der Waals surface area contributed by atoms with Gasteiger partial charge < -0.3 is 15.5 Å². The van der Waals surface area contributed by atoms with Gasteiger partial charge >= 0.3 is 0 Å². The number of likely N-dealkylation sites (N-methyl/N-ethyl adjacent to an activating group) is 1. The fourth-order valence-corrected chi connectivity index (χ4v) is 1.76. The highest BCUT2D eigenvalue weighted by Crippen LogP contribution is 2.16. The Morgan fingerprint density at radius 3 is 3.14 bits per heavy atom. The quantitative estimate of drug-likeness (QED) is 0.664. The van der Waals surface area contributed by atoms with E-state index in [-0.39, 0.29) is 11.9 Å². The third-order valence-corrected chi connectivity index (χ3v) is 2.62. The van der Waals surface area contributed by atoms with Crippen LogP contribution in [0.3, 0.4) is 0 Å². The topological polar surface area (TPSA) is 81.2 Å². The van der Waals surface area contributed by atoms with Crippen molar-refractivity contribution in [2.24, 2.45) is 5.73 Å². The van der Waals surface area contributed by atoms with E-state index in [1.54, 1.807) is 13.2 Å². The van der Waals surface area contributed by atoms with Crippen LogP contribution in [0, 0.1) is 0 Å². The highest BCUT2D eigenvalue weighted by atomic mass is 32.2. The van der Waals surface area contributed by atoms with E-state index in [2.05, 4.69) is 10.3 Å². The maximum Gasteiger partial charge on any atom is 0.255 e. The molecule has 0 spiro atoms. The van der Waals surface area contributed by atoms with Gasteiger partial charge in [-0.2, -0.15) is 0 Å². The van der Waals surface area contributed by atoms with Gasteiger partial charge in [-0.1, -0.05) is 11.8 Å². The number of aromatic nitrogens is 1.